The van der Waals surface area contributed by atoms with E-state index in [2.05, 4.69) is 17.4 Å². The fraction of sp³-hybridized carbons (Fsp3) is 0.158. The Bertz CT molecular complexity index is 931. The van der Waals surface area contributed by atoms with E-state index in [0.717, 1.165) is 17.1 Å². The van der Waals surface area contributed by atoms with Crippen LogP contribution in [0.4, 0.5) is 5.69 Å². The zero-order chi connectivity index (χ0) is 17.8. The molecule has 0 unspecified atom stereocenters. The lowest BCUT2D eigenvalue weighted by atomic mass is 10.2. The van der Waals surface area contributed by atoms with Crippen LogP contribution in [-0.2, 0) is 12.8 Å². The summed E-state index contributed by atoms with van der Waals surface area (Å²) in [5, 5.41) is 3.12. The normalized spacial score (nSPS) is 10.6. The molecule has 6 heteroatoms. The zero-order valence-corrected chi connectivity index (χ0v) is 15.7. The summed E-state index contributed by atoms with van der Waals surface area (Å²) >= 11 is 6.93. The van der Waals surface area contributed by atoms with Crippen molar-refractivity contribution in [2.24, 2.45) is 7.05 Å². The van der Waals surface area contributed by atoms with E-state index in [4.69, 9.17) is 12.2 Å². The predicted octanol–water partition coefficient (Wildman–Crippen LogP) is 4.11. The van der Waals surface area contributed by atoms with Gasteiger partial charge in [0, 0.05) is 12.8 Å². The van der Waals surface area contributed by atoms with Gasteiger partial charge in [0.05, 0.1) is 11.4 Å². The second kappa shape index (κ2) is 7.72. The lowest BCUT2D eigenvalue weighted by Gasteiger charge is -2.07. The van der Waals surface area contributed by atoms with Gasteiger partial charge < -0.3 is 5.32 Å². The Kier molecular flexibility index (Phi) is 5.40. The van der Waals surface area contributed by atoms with Crippen molar-refractivity contribution in [2.75, 3.05) is 5.32 Å². The molecule has 0 amide bonds. The SMILES string of the molecule is Cc1c(NC(=S)SCc2ccccc2)c(=O)n(-c2ccccc2)n1C. The standard InChI is InChI=1S/C19H19N3OS2/c1-14-17(20-19(24)25-13-15-9-5-3-6-10-15)18(23)22(21(14)2)16-11-7-4-8-12-16/h3-12H,13H2,1-2H3,(H,20,24). The highest BCUT2D eigenvalue weighted by Crippen LogP contribution is 2.18. The summed E-state index contributed by atoms with van der Waals surface area (Å²) < 4.78 is 4.07. The summed E-state index contributed by atoms with van der Waals surface area (Å²) in [5.74, 6) is 0.769. The number of aromatic nitrogens is 2. The number of para-hydroxylation sites is 1. The molecule has 2 aromatic carbocycles. The molecular formula is C19H19N3OS2. The van der Waals surface area contributed by atoms with Crippen LogP contribution in [0.1, 0.15) is 11.3 Å². The van der Waals surface area contributed by atoms with Crippen molar-refractivity contribution < 1.29 is 0 Å². The average Bonchev–Trinajstić information content (AvgIpc) is 2.85. The van der Waals surface area contributed by atoms with Crippen LogP contribution in [0.3, 0.4) is 0 Å². The summed E-state index contributed by atoms with van der Waals surface area (Å²) in [7, 11) is 1.87. The third kappa shape index (κ3) is 3.86. The zero-order valence-electron chi connectivity index (χ0n) is 14.1. The summed E-state index contributed by atoms with van der Waals surface area (Å²) in [6, 6.07) is 19.7. The van der Waals surface area contributed by atoms with Gasteiger partial charge in [-0.3, -0.25) is 9.48 Å². The van der Waals surface area contributed by atoms with E-state index in [1.54, 1.807) is 4.68 Å². The summed E-state index contributed by atoms with van der Waals surface area (Å²) in [5.41, 5.74) is 3.29. The van der Waals surface area contributed by atoms with E-state index in [1.807, 2.05) is 67.2 Å². The van der Waals surface area contributed by atoms with Gasteiger partial charge in [0.2, 0.25) is 0 Å². The Morgan fingerprint density at radius 2 is 1.68 bits per heavy atom. The van der Waals surface area contributed by atoms with E-state index in [0.29, 0.717) is 10.0 Å². The first-order chi connectivity index (χ1) is 12.1. The Morgan fingerprint density at radius 1 is 1.08 bits per heavy atom. The smallest absolute Gasteiger partial charge is 0.295 e. The first kappa shape index (κ1) is 17.5. The molecule has 1 aromatic heterocycles. The molecule has 3 rings (SSSR count). The van der Waals surface area contributed by atoms with E-state index in [1.165, 1.54) is 17.3 Å². The van der Waals surface area contributed by atoms with Crippen LogP contribution >= 0.6 is 24.0 Å². The second-order valence-electron chi connectivity index (χ2n) is 5.62. The minimum atomic E-state index is -0.103. The largest absolute Gasteiger partial charge is 0.335 e. The van der Waals surface area contributed by atoms with Crippen molar-refractivity contribution in [3.05, 3.63) is 82.3 Å². The highest BCUT2D eigenvalue weighted by Gasteiger charge is 2.16. The van der Waals surface area contributed by atoms with Crippen LogP contribution in [-0.4, -0.2) is 13.7 Å². The molecule has 1 N–H and O–H groups in total. The van der Waals surface area contributed by atoms with Crippen LogP contribution in [0.5, 0.6) is 0 Å². The molecule has 0 aliphatic rings. The summed E-state index contributed by atoms with van der Waals surface area (Å²) in [6.45, 7) is 1.91. The minimum absolute atomic E-state index is 0.103. The van der Waals surface area contributed by atoms with Gasteiger partial charge >= 0.3 is 0 Å². The molecule has 0 atom stereocenters. The number of thiocarbonyl (C=S) groups is 1. The third-order valence-electron chi connectivity index (χ3n) is 3.99. The number of thioether (sulfide) groups is 1. The van der Waals surface area contributed by atoms with Crippen LogP contribution in [0.25, 0.3) is 5.69 Å². The summed E-state index contributed by atoms with van der Waals surface area (Å²) in [6.07, 6.45) is 0. The average molecular weight is 370 g/mol. The van der Waals surface area contributed by atoms with Gasteiger partial charge in [0.25, 0.3) is 5.56 Å². The van der Waals surface area contributed by atoms with Crippen molar-refractivity contribution >= 4 is 34.0 Å². The van der Waals surface area contributed by atoms with Gasteiger partial charge in [-0.05, 0) is 24.6 Å². The molecule has 3 aromatic rings. The van der Waals surface area contributed by atoms with Gasteiger partial charge in [-0.25, -0.2) is 4.68 Å². The van der Waals surface area contributed by atoms with Crippen LogP contribution in [0.15, 0.2) is 65.5 Å². The summed E-state index contributed by atoms with van der Waals surface area (Å²) in [4.78, 5) is 12.8. The monoisotopic (exact) mass is 369 g/mol. The molecule has 25 heavy (non-hydrogen) atoms. The molecule has 0 aliphatic carbocycles. The maximum atomic E-state index is 12.8. The number of benzene rings is 2. The number of nitrogens with one attached hydrogen (secondary N) is 1. The van der Waals surface area contributed by atoms with E-state index >= 15 is 0 Å². The van der Waals surface area contributed by atoms with Crippen molar-refractivity contribution in [1.29, 1.82) is 0 Å². The highest BCUT2D eigenvalue weighted by atomic mass is 32.2. The van der Waals surface area contributed by atoms with Gasteiger partial charge in [0.15, 0.2) is 0 Å². The van der Waals surface area contributed by atoms with Crippen LogP contribution in [0.2, 0.25) is 0 Å². The predicted molar refractivity (Wildman–Crippen MR) is 110 cm³/mol. The van der Waals surface area contributed by atoms with Gasteiger partial charge in [-0.1, -0.05) is 72.5 Å². The molecule has 0 saturated carbocycles. The maximum absolute atomic E-state index is 12.8. The van der Waals surface area contributed by atoms with Gasteiger partial charge in [0.1, 0.15) is 10.0 Å². The topological polar surface area (TPSA) is 39.0 Å². The van der Waals surface area contributed by atoms with Crippen LogP contribution in [0, 0.1) is 6.92 Å². The van der Waals surface area contributed by atoms with Crippen molar-refractivity contribution in [3.63, 3.8) is 0 Å². The van der Waals surface area contributed by atoms with Crippen LogP contribution < -0.4 is 10.9 Å². The second-order valence-corrected chi connectivity index (χ2v) is 7.28. The van der Waals surface area contributed by atoms with E-state index in [9.17, 15) is 4.79 Å². The quantitative estimate of drug-likeness (QED) is 0.703. The lowest BCUT2D eigenvalue weighted by molar-refractivity contribution is 0.630. The fourth-order valence-electron chi connectivity index (χ4n) is 2.57. The molecule has 0 saturated heterocycles. The molecule has 0 fully saturated rings. The fourth-order valence-corrected chi connectivity index (χ4v) is 3.52. The van der Waals surface area contributed by atoms with Gasteiger partial charge in [-0.15, -0.1) is 0 Å². The van der Waals surface area contributed by atoms with Crippen molar-refractivity contribution in [2.45, 2.75) is 12.7 Å². The van der Waals surface area contributed by atoms with E-state index in [-0.39, 0.29) is 5.56 Å². The number of nitrogens with zero attached hydrogens (tertiary/aromatic N) is 2. The van der Waals surface area contributed by atoms with Gasteiger partial charge in [-0.2, -0.15) is 0 Å². The Morgan fingerprint density at radius 3 is 2.32 bits per heavy atom. The number of hydrogen-bond donors (Lipinski definition) is 1. The first-order valence-electron chi connectivity index (χ1n) is 7.89. The molecule has 1 heterocycles. The molecule has 0 spiro atoms. The van der Waals surface area contributed by atoms with Crippen molar-refractivity contribution in [1.82, 2.24) is 9.36 Å². The first-order valence-corrected chi connectivity index (χ1v) is 9.29. The maximum Gasteiger partial charge on any atom is 0.295 e. The molecule has 128 valence electrons. The molecule has 0 aliphatic heterocycles. The highest BCUT2D eigenvalue weighted by molar-refractivity contribution is 8.22. The van der Waals surface area contributed by atoms with Crippen molar-refractivity contribution in [3.8, 4) is 5.69 Å². The minimum Gasteiger partial charge on any atom is -0.335 e. The number of rotatable bonds is 4. The Labute approximate surface area is 156 Å². The molecule has 4 nitrogen and oxygen atoms in total. The number of anilines is 1. The Hall–Kier alpha value is -2.31. The molecule has 0 radical (unpaired) electrons. The molecular weight excluding hydrogens is 350 g/mol. The van der Waals surface area contributed by atoms with E-state index < -0.39 is 0 Å². The Balaban J connectivity index is 1.79. The lowest BCUT2D eigenvalue weighted by Crippen LogP contribution is -2.21. The molecule has 0 bridgehead atoms. The third-order valence-corrected chi connectivity index (χ3v) is 5.29. The number of hydrogen-bond acceptors (Lipinski definition) is 3.